The Labute approximate surface area is 133 Å². The van der Waals surface area contributed by atoms with Gasteiger partial charge < -0.3 is 9.88 Å². The third kappa shape index (κ3) is 2.26. The number of fused-ring (bicyclic) bond motifs is 1. The van der Waals surface area contributed by atoms with Crippen molar-refractivity contribution < 1.29 is 4.79 Å². The molecule has 0 saturated carbocycles. The van der Waals surface area contributed by atoms with Crippen LogP contribution in [0.3, 0.4) is 0 Å². The SMILES string of the molecule is Cn1cc(C2NN=C(c3ccccc3)NC2=O)c2ccccc21. The number of aromatic nitrogens is 1. The Hall–Kier alpha value is -3.08. The quantitative estimate of drug-likeness (QED) is 0.763. The van der Waals surface area contributed by atoms with Crippen LogP contribution in [0.1, 0.15) is 17.2 Å². The van der Waals surface area contributed by atoms with Crippen LogP contribution in [0.2, 0.25) is 0 Å². The minimum atomic E-state index is -0.492. The highest BCUT2D eigenvalue weighted by Crippen LogP contribution is 2.27. The number of rotatable bonds is 2. The molecule has 0 radical (unpaired) electrons. The van der Waals surface area contributed by atoms with Crippen molar-refractivity contribution in [3.8, 4) is 0 Å². The van der Waals surface area contributed by atoms with Gasteiger partial charge >= 0.3 is 0 Å². The van der Waals surface area contributed by atoms with E-state index in [4.69, 9.17) is 0 Å². The Kier molecular flexibility index (Phi) is 3.12. The van der Waals surface area contributed by atoms with Gasteiger partial charge in [0.15, 0.2) is 5.84 Å². The summed E-state index contributed by atoms with van der Waals surface area (Å²) in [4.78, 5) is 12.6. The molecule has 2 aromatic carbocycles. The fourth-order valence-electron chi connectivity index (χ4n) is 2.95. The van der Waals surface area contributed by atoms with Crippen molar-refractivity contribution >= 4 is 22.6 Å². The van der Waals surface area contributed by atoms with E-state index in [1.54, 1.807) is 0 Å². The maximum atomic E-state index is 12.6. The summed E-state index contributed by atoms with van der Waals surface area (Å²) in [5, 5.41) is 8.30. The van der Waals surface area contributed by atoms with Crippen molar-refractivity contribution in [2.75, 3.05) is 0 Å². The predicted molar refractivity (Wildman–Crippen MR) is 89.9 cm³/mol. The first-order valence-corrected chi connectivity index (χ1v) is 7.47. The molecule has 0 fully saturated rings. The minimum Gasteiger partial charge on any atom is -0.350 e. The number of amidine groups is 1. The van der Waals surface area contributed by atoms with Crippen molar-refractivity contribution in [3.63, 3.8) is 0 Å². The lowest BCUT2D eigenvalue weighted by atomic mass is 10.0. The lowest BCUT2D eigenvalue weighted by Crippen LogP contribution is -2.45. The highest BCUT2D eigenvalue weighted by Gasteiger charge is 2.28. The van der Waals surface area contributed by atoms with E-state index >= 15 is 0 Å². The smallest absolute Gasteiger partial charge is 0.254 e. The van der Waals surface area contributed by atoms with Crippen LogP contribution >= 0.6 is 0 Å². The Bertz CT molecular complexity index is 911. The number of hydrogen-bond donors (Lipinski definition) is 2. The lowest BCUT2D eigenvalue weighted by molar-refractivity contribution is -0.122. The summed E-state index contributed by atoms with van der Waals surface area (Å²) in [7, 11) is 1.98. The van der Waals surface area contributed by atoms with Crippen LogP contribution in [0.4, 0.5) is 0 Å². The van der Waals surface area contributed by atoms with E-state index in [9.17, 15) is 4.79 Å². The molecule has 3 aromatic rings. The summed E-state index contributed by atoms with van der Waals surface area (Å²) in [6, 6.07) is 17.1. The van der Waals surface area contributed by atoms with Gasteiger partial charge in [-0.2, -0.15) is 5.10 Å². The third-order valence-electron chi connectivity index (χ3n) is 4.10. The van der Waals surface area contributed by atoms with E-state index in [1.165, 1.54) is 0 Å². The Morgan fingerprint density at radius 2 is 1.78 bits per heavy atom. The van der Waals surface area contributed by atoms with Gasteiger partial charge in [0.05, 0.1) is 0 Å². The van der Waals surface area contributed by atoms with Crippen molar-refractivity contribution in [3.05, 3.63) is 71.9 Å². The molecule has 1 aliphatic rings. The second-order valence-corrected chi connectivity index (χ2v) is 5.59. The van der Waals surface area contributed by atoms with Crippen molar-refractivity contribution in [1.29, 1.82) is 0 Å². The third-order valence-corrected chi connectivity index (χ3v) is 4.10. The molecule has 1 aliphatic heterocycles. The topological polar surface area (TPSA) is 58.4 Å². The predicted octanol–water partition coefficient (Wildman–Crippen LogP) is 2.30. The number of amides is 1. The van der Waals surface area contributed by atoms with Crippen LogP contribution in [0.25, 0.3) is 10.9 Å². The number of carbonyl (C=O) groups is 1. The van der Waals surface area contributed by atoms with Crippen molar-refractivity contribution in [2.24, 2.45) is 12.1 Å². The number of benzene rings is 2. The van der Waals surface area contributed by atoms with Crippen LogP contribution in [0.5, 0.6) is 0 Å². The second-order valence-electron chi connectivity index (χ2n) is 5.59. The molecular formula is C18H16N4O. The van der Waals surface area contributed by atoms with Gasteiger partial charge in [-0.05, 0) is 6.07 Å². The maximum absolute atomic E-state index is 12.6. The van der Waals surface area contributed by atoms with Gasteiger partial charge in [-0.15, -0.1) is 0 Å². The Balaban J connectivity index is 1.71. The standard InChI is InChI=1S/C18H16N4O/c1-22-11-14(13-9-5-6-10-15(13)22)16-18(23)19-17(21-20-16)12-7-3-2-4-8-12/h2-11,16,20H,1H3,(H,19,21,23). The Morgan fingerprint density at radius 1 is 1.04 bits per heavy atom. The summed E-state index contributed by atoms with van der Waals surface area (Å²) in [5.74, 6) is 0.447. The molecule has 1 atom stereocenters. The Morgan fingerprint density at radius 3 is 2.57 bits per heavy atom. The van der Waals surface area contributed by atoms with Gasteiger partial charge in [-0.1, -0.05) is 48.5 Å². The lowest BCUT2D eigenvalue weighted by Gasteiger charge is -2.22. The zero-order valence-electron chi connectivity index (χ0n) is 12.7. The van der Waals surface area contributed by atoms with Gasteiger partial charge in [0.25, 0.3) is 5.91 Å². The van der Waals surface area contributed by atoms with Crippen molar-refractivity contribution in [1.82, 2.24) is 15.3 Å². The van der Waals surface area contributed by atoms with Gasteiger partial charge in [0.2, 0.25) is 0 Å². The van der Waals surface area contributed by atoms with Crippen LogP contribution < -0.4 is 10.7 Å². The van der Waals surface area contributed by atoms with Crippen molar-refractivity contribution in [2.45, 2.75) is 6.04 Å². The van der Waals surface area contributed by atoms with Gasteiger partial charge in [-0.25, -0.2) is 0 Å². The molecule has 114 valence electrons. The molecule has 0 bridgehead atoms. The molecule has 1 aromatic heterocycles. The number of aryl methyl sites for hydroxylation is 1. The molecule has 0 spiro atoms. The van der Waals surface area contributed by atoms with Gasteiger partial charge in [0, 0.05) is 35.3 Å². The minimum absolute atomic E-state index is 0.102. The molecule has 5 heteroatoms. The summed E-state index contributed by atoms with van der Waals surface area (Å²) >= 11 is 0. The van der Waals surface area contributed by atoms with E-state index in [0.717, 1.165) is 22.0 Å². The molecular weight excluding hydrogens is 288 g/mol. The molecule has 2 N–H and O–H groups in total. The highest BCUT2D eigenvalue weighted by atomic mass is 16.2. The molecule has 0 saturated heterocycles. The number of hydrazone groups is 1. The maximum Gasteiger partial charge on any atom is 0.254 e. The molecule has 1 unspecified atom stereocenters. The van der Waals surface area contributed by atoms with Crippen LogP contribution in [0, 0.1) is 0 Å². The summed E-state index contributed by atoms with van der Waals surface area (Å²) < 4.78 is 2.02. The average molecular weight is 304 g/mol. The normalized spacial score (nSPS) is 17.5. The first-order valence-electron chi connectivity index (χ1n) is 7.47. The monoisotopic (exact) mass is 304 g/mol. The number of hydrogen-bond acceptors (Lipinski definition) is 3. The highest BCUT2D eigenvalue weighted by molar-refractivity contribution is 6.11. The fraction of sp³-hybridized carbons (Fsp3) is 0.111. The molecule has 23 heavy (non-hydrogen) atoms. The summed E-state index contributed by atoms with van der Waals surface area (Å²) in [5.41, 5.74) is 5.90. The number of carbonyl (C=O) groups excluding carboxylic acids is 1. The van der Waals surface area contributed by atoms with E-state index in [0.29, 0.717) is 5.84 Å². The van der Waals surface area contributed by atoms with E-state index < -0.39 is 6.04 Å². The zero-order chi connectivity index (χ0) is 15.8. The van der Waals surface area contributed by atoms with Crippen LogP contribution in [-0.2, 0) is 11.8 Å². The van der Waals surface area contributed by atoms with Gasteiger partial charge in [0.1, 0.15) is 6.04 Å². The number of para-hydroxylation sites is 1. The van der Waals surface area contributed by atoms with Crippen LogP contribution in [0.15, 0.2) is 65.9 Å². The zero-order valence-corrected chi connectivity index (χ0v) is 12.7. The van der Waals surface area contributed by atoms with E-state index in [-0.39, 0.29) is 5.91 Å². The molecule has 2 heterocycles. The average Bonchev–Trinajstić information content (AvgIpc) is 2.93. The first kappa shape index (κ1) is 13.6. The summed E-state index contributed by atoms with van der Waals surface area (Å²) in [6.07, 6.45) is 1.98. The van der Waals surface area contributed by atoms with Crippen LogP contribution in [-0.4, -0.2) is 16.3 Å². The van der Waals surface area contributed by atoms with Gasteiger partial charge in [-0.3, -0.25) is 10.2 Å². The molecule has 4 rings (SSSR count). The molecule has 5 nitrogen and oxygen atoms in total. The largest absolute Gasteiger partial charge is 0.350 e. The van der Waals surface area contributed by atoms with E-state index in [2.05, 4.69) is 15.8 Å². The first-order chi connectivity index (χ1) is 11.2. The second kappa shape index (κ2) is 5.28. The van der Waals surface area contributed by atoms with E-state index in [1.807, 2.05) is 72.4 Å². The fourth-order valence-corrected chi connectivity index (χ4v) is 2.95. The number of nitrogens with one attached hydrogen (secondary N) is 2. The number of nitrogens with zero attached hydrogens (tertiary/aromatic N) is 2. The molecule has 0 aliphatic carbocycles. The summed E-state index contributed by atoms with van der Waals surface area (Å²) in [6.45, 7) is 0. The molecule has 1 amide bonds.